The van der Waals surface area contributed by atoms with Crippen molar-refractivity contribution in [3.63, 3.8) is 0 Å². The Morgan fingerprint density at radius 2 is 2.06 bits per heavy atom. The Balaban J connectivity index is 1.99. The molecule has 3 heteroatoms. The number of anilines is 1. The van der Waals surface area contributed by atoms with E-state index >= 15 is 0 Å². The fraction of sp³-hybridized carbons (Fsp3) is 0.538. The Labute approximate surface area is 101 Å². The lowest BCUT2D eigenvalue weighted by atomic mass is 9.99. The summed E-state index contributed by atoms with van der Waals surface area (Å²) in [6.45, 7) is 2.97. The molecule has 1 heterocycles. The number of nitrogens with one attached hydrogen (secondary N) is 1. The number of aryl methyl sites for hydroxylation is 1. The van der Waals surface area contributed by atoms with E-state index in [9.17, 15) is 0 Å². The van der Waals surface area contributed by atoms with Crippen molar-refractivity contribution in [1.29, 1.82) is 0 Å². The summed E-state index contributed by atoms with van der Waals surface area (Å²) in [4.78, 5) is 0. The van der Waals surface area contributed by atoms with E-state index in [1.54, 1.807) is 0 Å². The SMILES string of the molecule is Cc1cc(Cl)cc2c1OC1(CCCC1)CN2. The van der Waals surface area contributed by atoms with Gasteiger partial charge >= 0.3 is 0 Å². The number of hydrogen-bond acceptors (Lipinski definition) is 2. The van der Waals surface area contributed by atoms with Crippen LogP contribution in [-0.4, -0.2) is 12.1 Å². The monoisotopic (exact) mass is 237 g/mol. The molecule has 1 spiro atoms. The maximum Gasteiger partial charge on any atom is 0.146 e. The van der Waals surface area contributed by atoms with Crippen LogP contribution >= 0.6 is 11.6 Å². The van der Waals surface area contributed by atoms with Crippen molar-refractivity contribution in [2.75, 3.05) is 11.9 Å². The maximum atomic E-state index is 6.25. The second kappa shape index (κ2) is 3.56. The summed E-state index contributed by atoms with van der Waals surface area (Å²) in [6.07, 6.45) is 4.90. The minimum absolute atomic E-state index is 0.0472. The molecule has 1 fully saturated rings. The first-order chi connectivity index (χ1) is 7.69. The van der Waals surface area contributed by atoms with Crippen LogP contribution in [0.3, 0.4) is 0 Å². The van der Waals surface area contributed by atoms with Gasteiger partial charge in [-0.3, -0.25) is 0 Å². The highest BCUT2D eigenvalue weighted by molar-refractivity contribution is 6.31. The molecule has 86 valence electrons. The Morgan fingerprint density at radius 3 is 2.81 bits per heavy atom. The zero-order valence-corrected chi connectivity index (χ0v) is 10.2. The first-order valence-corrected chi connectivity index (χ1v) is 6.29. The largest absolute Gasteiger partial charge is 0.483 e. The highest BCUT2D eigenvalue weighted by atomic mass is 35.5. The third-order valence-corrected chi connectivity index (χ3v) is 3.89. The fourth-order valence-corrected chi connectivity index (χ4v) is 3.08. The van der Waals surface area contributed by atoms with Gasteiger partial charge in [0.15, 0.2) is 0 Å². The van der Waals surface area contributed by atoms with Crippen LogP contribution in [-0.2, 0) is 0 Å². The zero-order chi connectivity index (χ0) is 11.2. The topological polar surface area (TPSA) is 21.3 Å². The van der Waals surface area contributed by atoms with Crippen LogP contribution in [0.4, 0.5) is 5.69 Å². The van der Waals surface area contributed by atoms with Crippen LogP contribution in [0.1, 0.15) is 31.2 Å². The summed E-state index contributed by atoms with van der Waals surface area (Å²) in [7, 11) is 0. The average molecular weight is 238 g/mol. The first kappa shape index (κ1) is 10.3. The summed E-state index contributed by atoms with van der Waals surface area (Å²) in [6, 6.07) is 3.92. The molecule has 1 aromatic carbocycles. The Hall–Kier alpha value is -0.890. The van der Waals surface area contributed by atoms with E-state index in [0.29, 0.717) is 0 Å². The lowest BCUT2D eigenvalue weighted by Gasteiger charge is -2.37. The number of halogens is 1. The molecule has 1 aromatic rings. The van der Waals surface area contributed by atoms with Gasteiger partial charge in [0.05, 0.1) is 12.2 Å². The number of ether oxygens (including phenoxy) is 1. The van der Waals surface area contributed by atoms with E-state index < -0.39 is 0 Å². The van der Waals surface area contributed by atoms with E-state index in [-0.39, 0.29) is 5.60 Å². The molecule has 0 amide bonds. The molecule has 3 rings (SSSR count). The number of benzene rings is 1. The molecule has 0 unspecified atom stereocenters. The predicted molar refractivity (Wildman–Crippen MR) is 66.5 cm³/mol. The van der Waals surface area contributed by atoms with Gasteiger partial charge in [-0.25, -0.2) is 0 Å². The Bertz CT molecular complexity index is 424. The average Bonchev–Trinajstić information content (AvgIpc) is 2.68. The lowest BCUT2D eigenvalue weighted by Crippen LogP contribution is -2.43. The predicted octanol–water partition coefficient (Wildman–Crippen LogP) is 3.77. The fourth-order valence-electron chi connectivity index (χ4n) is 2.80. The number of hydrogen-bond donors (Lipinski definition) is 1. The van der Waals surface area contributed by atoms with Crippen LogP contribution in [0.2, 0.25) is 5.02 Å². The normalized spacial score (nSPS) is 21.4. The molecule has 0 aromatic heterocycles. The molecule has 1 aliphatic heterocycles. The number of rotatable bonds is 0. The molecule has 0 bridgehead atoms. The minimum Gasteiger partial charge on any atom is -0.483 e. The van der Waals surface area contributed by atoms with Crippen molar-refractivity contribution in [3.8, 4) is 5.75 Å². The van der Waals surface area contributed by atoms with E-state index in [4.69, 9.17) is 16.3 Å². The van der Waals surface area contributed by atoms with Gasteiger partial charge in [-0.1, -0.05) is 11.6 Å². The molecule has 0 radical (unpaired) electrons. The second-order valence-electron chi connectivity index (χ2n) is 4.95. The van der Waals surface area contributed by atoms with Gasteiger partial charge < -0.3 is 10.1 Å². The maximum absolute atomic E-state index is 6.25. The molecule has 0 atom stereocenters. The first-order valence-electron chi connectivity index (χ1n) is 5.92. The van der Waals surface area contributed by atoms with E-state index in [0.717, 1.165) is 28.6 Å². The van der Waals surface area contributed by atoms with E-state index in [1.807, 2.05) is 12.1 Å². The highest BCUT2D eigenvalue weighted by Crippen LogP contribution is 2.43. The van der Waals surface area contributed by atoms with Crippen molar-refractivity contribution < 1.29 is 4.74 Å². The van der Waals surface area contributed by atoms with Crippen LogP contribution in [0.15, 0.2) is 12.1 Å². The van der Waals surface area contributed by atoms with Crippen molar-refractivity contribution >= 4 is 17.3 Å². The van der Waals surface area contributed by atoms with Crippen molar-refractivity contribution in [3.05, 3.63) is 22.7 Å². The summed E-state index contributed by atoms with van der Waals surface area (Å²) < 4.78 is 6.25. The molecular weight excluding hydrogens is 222 g/mol. The third kappa shape index (κ3) is 1.56. The van der Waals surface area contributed by atoms with Gasteiger partial charge in [0.1, 0.15) is 11.4 Å². The van der Waals surface area contributed by atoms with Gasteiger partial charge in [-0.2, -0.15) is 0 Å². The number of fused-ring (bicyclic) bond motifs is 1. The summed E-state index contributed by atoms with van der Waals surface area (Å²) in [5, 5.41) is 4.24. The third-order valence-electron chi connectivity index (χ3n) is 3.67. The minimum atomic E-state index is 0.0472. The standard InChI is InChI=1S/C13H16ClNO/c1-9-6-10(14)7-11-12(9)16-13(8-15-11)4-2-3-5-13/h6-7,15H,2-5,8H2,1H3. The van der Waals surface area contributed by atoms with E-state index in [1.165, 1.54) is 25.7 Å². The smallest absolute Gasteiger partial charge is 0.146 e. The molecule has 1 saturated carbocycles. The van der Waals surface area contributed by atoms with E-state index in [2.05, 4.69) is 12.2 Å². The van der Waals surface area contributed by atoms with Crippen LogP contribution in [0.25, 0.3) is 0 Å². The molecule has 1 N–H and O–H groups in total. The van der Waals surface area contributed by atoms with Gasteiger partial charge in [0.2, 0.25) is 0 Å². The summed E-state index contributed by atoms with van der Waals surface area (Å²) in [5.41, 5.74) is 2.22. The van der Waals surface area contributed by atoms with Gasteiger partial charge in [-0.15, -0.1) is 0 Å². The lowest BCUT2D eigenvalue weighted by molar-refractivity contribution is 0.0821. The molecule has 16 heavy (non-hydrogen) atoms. The van der Waals surface area contributed by atoms with Crippen LogP contribution < -0.4 is 10.1 Å². The van der Waals surface area contributed by atoms with Crippen molar-refractivity contribution in [2.45, 2.75) is 38.2 Å². The molecule has 0 saturated heterocycles. The highest BCUT2D eigenvalue weighted by Gasteiger charge is 2.39. The van der Waals surface area contributed by atoms with Gasteiger partial charge in [0, 0.05) is 5.02 Å². The summed E-state index contributed by atoms with van der Waals surface area (Å²) in [5.74, 6) is 0.998. The quantitative estimate of drug-likeness (QED) is 0.742. The Morgan fingerprint density at radius 1 is 1.31 bits per heavy atom. The van der Waals surface area contributed by atoms with Crippen molar-refractivity contribution in [1.82, 2.24) is 0 Å². The van der Waals surface area contributed by atoms with Gasteiger partial charge in [-0.05, 0) is 50.3 Å². The summed E-state index contributed by atoms with van der Waals surface area (Å²) >= 11 is 6.04. The second-order valence-corrected chi connectivity index (χ2v) is 5.38. The Kier molecular flexibility index (Phi) is 2.28. The molecule has 2 aliphatic rings. The molecular formula is C13H16ClNO. The van der Waals surface area contributed by atoms with Crippen molar-refractivity contribution in [2.24, 2.45) is 0 Å². The molecule has 2 nitrogen and oxygen atoms in total. The van der Waals surface area contributed by atoms with Crippen LogP contribution in [0.5, 0.6) is 5.75 Å². The van der Waals surface area contributed by atoms with Crippen LogP contribution in [0, 0.1) is 6.92 Å². The molecule has 1 aliphatic carbocycles. The zero-order valence-electron chi connectivity index (χ0n) is 9.48. The van der Waals surface area contributed by atoms with Gasteiger partial charge in [0.25, 0.3) is 0 Å².